The average Bonchev–Trinajstić information content (AvgIpc) is 3.26. The number of nitrogens with zero attached hydrogens (tertiary/aromatic N) is 6. The number of benzene rings is 2. The summed E-state index contributed by atoms with van der Waals surface area (Å²) in [4.78, 5) is 6.15. The number of anilines is 1. The van der Waals surface area contributed by atoms with E-state index in [1.54, 1.807) is 10.9 Å². The molecule has 1 fully saturated rings. The van der Waals surface area contributed by atoms with Gasteiger partial charge in [-0.3, -0.25) is 4.98 Å². The van der Waals surface area contributed by atoms with Crippen LogP contribution in [0.3, 0.4) is 0 Å². The first-order valence-corrected chi connectivity index (χ1v) is 9.56. The number of pyridine rings is 1. The van der Waals surface area contributed by atoms with Crippen LogP contribution in [-0.2, 0) is 0 Å². The number of hydrogen-bond donors (Lipinski definition) is 1. The number of para-hydroxylation sites is 1. The van der Waals surface area contributed by atoms with Crippen molar-refractivity contribution in [2.75, 3.05) is 18.0 Å². The number of β-amino-alcohol motifs (C(OH)–C–C–N with tert-alkyl or cyclic N) is 1. The zero-order valence-corrected chi connectivity index (χ0v) is 15.7. The number of aliphatic hydroxyl groups excluding tert-OH is 1. The molecule has 4 aromatic rings. The predicted octanol–water partition coefficient (Wildman–Crippen LogP) is 2.23. The predicted molar refractivity (Wildman–Crippen MR) is 108 cm³/mol. The van der Waals surface area contributed by atoms with E-state index < -0.39 is 6.10 Å². The van der Waals surface area contributed by atoms with Gasteiger partial charge in [-0.1, -0.05) is 35.4 Å². The molecule has 0 spiro atoms. The van der Waals surface area contributed by atoms with Crippen LogP contribution in [-0.4, -0.2) is 55.6 Å². The third-order valence-corrected chi connectivity index (χ3v) is 5.18. The van der Waals surface area contributed by atoms with Gasteiger partial charge in [-0.05, 0) is 34.7 Å². The van der Waals surface area contributed by atoms with Crippen molar-refractivity contribution in [1.82, 2.24) is 25.2 Å². The van der Waals surface area contributed by atoms with Crippen LogP contribution in [0, 0.1) is 0 Å². The van der Waals surface area contributed by atoms with Crippen LogP contribution in [0.15, 0.2) is 67.0 Å². The van der Waals surface area contributed by atoms with Gasteiger partial charge >= 0.3 is 0 Å². The van der Waals surface area contributed by atoms with Gasteiger partial charge in [0.1, 0.15) is 18.0 Å². The van der Waals surface area contributed by atoms with Crippen LogP contribution in [0.25, 0.3) is 16.5 Å². The van der Waals surface area contributed by atoms with Gasteiger partial charge in [0.05, 0.1) is 12.2 Å². The molecule has 0 amide bonds. The molecule has 1 aliphatic rings. The van der Waals surface area contributed by atoms with E-state index in [0.29, 0.717) is 25.5 Å². The Morgan fingerprint density at radius 1 is 1.03 bits per heavy atom. The second-order valence-corrected chi connectivity index (χ2v) is 7.04. The Kier molecular flexibility index (Phi) is 4.53. The molecular formula is C21H20N6O2. The normalized spacial score (nSPS) is 19.4. The monoisotopic (exact) mass is 388 g/mol. The molecule has 1 N–H and O–H groups in total. The summed E-state index contributed by atoms with van der Waals surface area (Å²) in [5.74, 6) is 1.38. The lowest BCUT2D eigenvalue weighted by Gasteiger charge is -2.36. The quantitative estimate of drug-likeness (QED) is 0.573. The molecule has 29 heavy (non-hydrogen) atoms. The van der Waals surface area contributed by atoms with Gasteiger partial charge in [-0.25, -0.2) is 0 Å². The molecular weight excluding hydrogens is 368 g/mol. The van der Waals surface area contributed by atoms with Gasteiger partial charge in [-0.15, -0.1) is 0 Å². The zero-order chi connectivity index (χ0) is 19.6. The van der Waals surface area contributed by atoms with E-state index in [0.717, 1.165) is 22.2 Å². The summed E-state index contributed by atoms with van der Waals surface area (Å²) < 4.78 is 7.88. The minimum absolute atomic E-state index is 0.300. The van der Waals surface area contributed by atoms with Gasteiger partial charge in [0.2, 0.25) is 5.95 Å². The molecule has 0 bridgehead atoms. The first-order chi connectivity index (χ1) is 14.3. The number of aliphatic hydroxyl groups is 1. The first-order valence-electron chi connectivity index (χ1n) is 9.56. The fourth-order valence-corrected chi connectivity index (χ4v) is 3.70. The highest BCUT2D eigenvalue weighted by atomic mass is 16.5. The van der Waals surface area contributed by atoms with Crippen LogP contribution in [0.4, 0.5) is 5.95 Å². The Balaban J connectivity index is 1.34. The molecule has 5 rings (SSSR count). The summed E-state index contributed by atoms with van der Waals surface area (Å²) in [6.07, 6.45) is 3.25. The molecule has 2 aromatic carbocycles. The summed E-state index contributed by atoms with van der Waals surface area (Å²) in [6.45, 7) is 1.07. The van der Waals surface area contributed by atoms with E-state index in [4.69, 9.17) is 4.74 Å². The Bertz CT molecular complexity index is 1110. The van der Waals surface area contributed by atoms with Crippen molar-refractivity contribution < 1.29 is 9.84 Å². The van der Waals surface area contributed by atoms with Crippen LogP contribution < -0.4 is 9.64 Å². The lowest BCUT2D eigenvalue weighted by molar-refractivity contribution is 0.0247. The molecule has 3 heterocycles. The number of fused-ring (bicyclic) bond motifs is 1. The molecule has 0 saturated carbocycles. The summed E-state index contributed by atoms with van der Waals surface area (Å²) >= 11 is 0. The van der Waals surface area contributed by atoms with Gasteiger partial charge in [0, 0.05) is 36.1 Å². The van der Waals surface area contributed by atoms with E-state index in [9.17, 15) is 5.11 Å². The lowest BCUT2D eigenvalue weighted by atomic mass is 10.0. The standard InChI is InChI=1S/C21H20N6O2/c28-18-14-26(21-23-24-25-27(21)16-6-2-1-3-7-16)12-10-20(18)29-19-8-4-5-15-13-22-11-9-17(15)19/h1-9,11,13,18,20,28H,10,12,14H2/t18-,20-/m1/s1. The zero-order valence-electron chi connectivity index (χ0n) is 15.7. The highest BCUT2D eigenvalue weighted by Gasteiger charge is 2.32. The third-order valence-electron chi connectivity index (χ3n) is 5.18. The second kappa shape index (κ2) is 7.48. The SMILES string of the molecule is O[C@@H]1CN(c2nnnn2-c2ccccc2)CC[C@H]1Oc1cccc2cnccc12. The van der Waals surface area contributed by atoms with Crippen molar-refractivity contribution in [3.8, 4) is 11.4 Å². The Morgan fingerprint density at radius 2 is 1.93 bits per heavy atom. The summed E-state index contributed by atoms with van der Waals surface area (Å²) in [6, 6.07) is 17.5. The van der Waals surface area contributed by atoms with Gasteiger partial charge in [0.15, 0.2) is 0 Å². The Hall–Kier alpha value is -3.52. The van der Waals surface area contributed by atoms with Crippen molar-refractivity contribution in [2.24, 2.45) is 0 Å². The van der Waals surface area contributed by atoms with E-state index in [1.165, 1.54) is 0 Å². The maximum atomic E-state index is 10.8. The molecule has 2 atom stereocenters. The number of ether oxygens (including phenoxy) is 1. The van der Waals surface area contributed by atoms with E-state index >= 15 is 0 Å². The van der Waals surface area contributed by atoms with Crippen LogP contribution in [0.5, 0.6) is 5.75 Å². The molecule has 8 heteroatoms. The third kappa shape index (κ3) is 3.38. The van der Waals surface area contributed by atoms with Gasteiger partial charge in [-0.2, -0.15) is 4.68 Å². The van der Waals surface area contributed by atoms with Crippen LogP contribution in [0.2, 0.25) is 0 Å². The van der Waals surface area contributed by atoms with Gasteiger partial charge in [0.25, 0.3) is 0 Å². The maximum Gasteiger partial charge on any atom is 0.250 e. The molecule has 0 unspecified atom stereocenters. The largest absolute Gasteiger partial charge is 0.487 e. The number of tetrazole rings is 1. The number of rotatable bonds is 4. The molecule has 1 saturated heterocycles. The van der Waals surface area contributed by atoms with Crippen molar-refractivity contribution in [2.45, 2.75) is 18.6 Å². The summed E-state index contributed by atoms with van der Waals surface area (Å²) in [7, 11) is 0. The van der Waals surface area contributed by atoms with Crippen molar-refractivity contribution in [1.29, 1.82) is 0 Å². The molecule has 2 aromatic heterocycles. The van der Waals surface area contributed by atoms with Crippen molar-refractivity contribution in [3.63, 3.8) is 0 Å². The van der Waals surface area contributed by atoms with E-state index in [-0.39, 0.29) is 6.10 Å². The Morgan fingerprint density at radius 3 is 2.79 bits per heavy atom. The molecule has 8 nitrogen and oxygen atoms in total. The van der Waals surface area contributed by atoms with Crippen molar-refractivity contribution >= 4 is 16.7 Å². The maximum absolute atomic E-state index is 10.8. The minimum Gasteiger partial charge on any atom is -0.487 e. The summed E-state index contributed by atoms with van der Waals surface area (Å²) in [5.41, 5.74) is 0.879. The fraction of sp³-hybridized carbons (Fsp3) is 0.238. The topological polar surface area (TPSA) is 89.2 Å². The second-order valence-electron chi connectivity index (χ2n) is 7.04. The number of hydrogen-bond acceptors (Lipinski definition) is 7. The molecule has 0 radical (unpaired) electrons. The van der Waals surface area contributed by atoms with E-state index in [1.807, 2.05) is 65.7 Å². The lowest BCUT2D eigenvalue weighted by Crippen LogP contribution is -2.49. The first kappa shape index (κ1) is 17.6. The molecule has 0 aliphatic carbocycles. The molecule has 146 valence electrons. The fourth-order valence-electron chi connectivity index (χ4n) is 3.70. The highest BCUT2D eigenvalue weighted by Crippen LogP contribution is 2.28. The average molecular weight is 388 g/mol. The van der Waals surface area contributed by atoms with Gasteiger partial charge < -0.3 is 14.7 Å². The number of aromatic nitrogens is 5. The molecule has 1 aliphatic heterocycles. The smallest absolute Gasteiger partial charge is 0.250 e. The van der Waals surface area contributed by atoms with Crippen molar-refractivity contribution in [3.05, 3.63) is 67.0 Å². The summed E-state index contributed by atoms with van der Waals surface area (Å²) in [5, 5.41) is 24.9. The van der Waals surface area contributed by atoms with Crippen LogP contribution >= 0.6 is 0 Å². The Labute approximate surface area is 167 Å². The van der Waals surface area contributed by atoms with Crippen LogP contribution in [0.1, 0.15) is 6.42 Å². The minimum atomic E-state index is -0.665. The van der Waals surface area contributed by atoms with E-state index in [2.05, 4.69) is 20.5 Å². The number of piperidine rings is 1. The highest BCUT2D eigenvalue weighted by molar-refractivity contribution is 5.87.